The molecule has 9 heteroatoms. The Bertz CT molecular complexity index is 1240. The van der Waals surface area contributed by atoms with E-state index in [0.717, 1.165) is 10.9 Å². The minimum absolute atomic E-state index is 0.00267. The van der Waals surface area contributed by atoms with Gasteiger partial charge in [0.15, 0.2) is 11.5 Å². The Balaban J connectivity index is 2.23. The molecule has 162 valence electrons. The fourth-order valence-corrected chi connectivity index (χ4v) is 3.80. The summed E-state index contributed by atoms with van der Waals surface area (Å²) in [7, 11) is 1.48. The van der Waals surface area contributed by atoms with E-state index in [4.69, 9.17) is 14.5 Å². The van der Waals surface area contributed by atoms with Gasteiger partial charge >= 0.3 is 5.97 Å². The van der Waals surface area contributed by atoms with Gasteiger partial charge in [-0.05, 0) is 36.8 Å². The van der Waals surface area contributed by atoms with Crippen molar-refractivity contribution in [3.05, 3.63) is 61.0 Å². The minimum Gasteiger partial charge on any atom is -0.493 e. The third-order valence-electron chi connectivity index (χ3n) is 4.71. The van der Waals surface area contributed by atoms with Crippen LogP contribution in [0.25, 0.3) is 10.9 Å². The molecule has 0 unspecified atom stereocenters. The normalized spacial score (nSPS) is 12.3. The standard InChI is InChI=1S/C22H21Br2N3O4/c1-5-12(2)21-26-18-7-6-15(23)9-17(18)22(29)27(21)25-11-14-8-16(24)10-19(30-4)20(14)31-13(3)28/h6-12H,5H2,1-4H3/t12-/m1/s1. The molecule has 3 rings (SSSR count). The summed E-state index contributed by atoms with van der Waals surface area (Å²) in [5, 5.41) is 4.89. The molecule has 0 spiro atoms. The molecule has 31 heavy (non-hydrogen) atoms. The van der Waals surface area contributed by atoms with E-state index >= 15 is 0 Å². The van der Waals surface area contributed by atoms with Crippen molar-refractivity contribution in [2.75, 3.05) is 7.11 Å². The molecule has 7 nitrogen and oxygen atoms in total. The Labute approximate surface area is 196 Å². The summed E-state index contributed by atoms with van der Waals surface area (Å²) >= 11 is 6.82. The first-order valence-electron chi connectivity index (χ1n) is 9.57. The minimum atomic E-state index is -0.495. The van der Waals surface area contributed by atoms with Crippen LogP contribution in [-0.4, -0.2) is 29.0 Å². The topological polar surface area (TPSA) is 82.8 Å². The fraction of sp³-hybridized carbons (Fsp3) is 0.273. The molecule has 0 aliphatic carbocycles. The maximum atomic E-state index is 13.3. The molecule has 0 N–H and O–H groups in total. The number of hydrogen-bond acceptors (Lipinski definition) is 6. The largest absolute Gasteiger partial charge is 0.493 e. The van der Waals surface area contributed by atoms with E-state index < -0.39 is 5.97 Å². The molecule has 0 saturated carbocycles. The van der Waals surface area contributed by atoms with Crippen molar-refractivity contribution in [2.45, 2.75) is 33.1 Å². The molecular formula is C22H21Br2N3O4. The number of carbonyl (C=O) groups excluding carboxylic acids is 1. The van der Waals surface area contributed by atoms with Crippen LogP contribution in [0, 0.1) is 0 Å². The number of aromatic nitrogens is 2. The van der Waals surface area contributed by atoms with Crippen LogP contribution in [0.2, 0.25) is 0 Å². The smallest absolute Gasteiger partial charge is 0.308 e. The predicted molar refractivity (Wildman–Crippen MR) is 127 cm³/mol. The molecule has 0 amide bonds. The second kappa shape index (κ2) is 9.74. The third kappa shape index (κ3) is 5.04. The first-order valence-corrected chi connectivity index (χ1v) is 11.2. The van der Waals surface area contributed by atoms with E-state index in [1.54, 1.807) is 24.3 Å². The Morgan fingerprint density at radius 1 is 1.26 bits per heavy atom. The van der Waals surface area contributed by atoms with Gasteiger partial charge in [-0.2, -0.15) is 9.78 Å². The van der Waals surface area contributed by atoms with Crippen molar-refractivity contribution >= 4 is 54.9 Å². The van der Waals surface area contributed by atoms with Crippen LogP contribution < -0.4 is 15.0 Å². The highest BCUT2D eigenvalue weighted by Gasteiger charge is 2.17. The molecular weight excluding hydrogens is 530 g/mol. The van der Waals surface area contributed by atoms with Crippen molar-refractivity contribution in [2.24, 2.45) is 5.10 Å². The van der Waals surface area contributed by atoms with E-state index in [9.17, 15) is 9.59 Å². The summed E-state index contributed by atoms with van der Waals surface area (Å²) < 4.78 is 13.5. The van der Waals surface area contributed by atoms with Gasteiger partial charge < -0.3 is 9.47 Å². The second-order valence-electron chi connectivity index (χ2n) is 6.92. The zero-order chi connectivity index (χ0) is 22.7. The summed E-state index contributed by atoms with van der Waals surface area (Å²) in [4.78, 5) is 29.6. The molecule has 0 bridgehead atoms. The van der Waals surface area contributed by atoms with Crippen molar-refractivity contribution in [1.29, 1.82) is 0 Å². The molecule has 0 aliphatic rings. The Hall–Kier alpha value is -2.52. The van der Waals surface area contributed by atoms with Crippen molar-refractivity contribution in [3.63, 3.8) is 0 Å². The number of methoxy groups -OCH3 is 1. The zero-order valence-electron chi connectivity index (χ0n) is 17.5. The van der Waals surface area contributed by atoms with E-state index in [-0.39, 0.29) is 17.2 Å². The van der Waals surface area contributed by atoms with E-state index in [2.05, 4.69) is 37.0 Å². The number of esters is 1. The molecule has 0 saturated heterocycles. The van der Waals surface area contributed by atoms with Crippen LogP contribution in [0.5, 0.6) is 11.5 Å². The molecule has 0 fully saturated rings. The predicted octanol–water partition coefficient (Wildman–Crippen LogP) is 5.25. The first kappa shape index (κ1) is 23.1. The van der Waals surface area contributed by atoms with Gasteiger partial charge in [-0.3, -0.25) is 9.59 Å². The highest BCUT2D eigenvalue weighted by molar-refractivity contribution is 9.10. The van der Waals surface area contributed by atoms with Gasteiger partial charge in [0.25, 0.3) is 5.56 Å². The third-order valence-corrected chi connectivity index (χ3v) is 5.66. The number of nitrogens with zero attached hydrogens (tertiary/aromatic N) is 3. The van der Waals surface area contributed by atoms with E-state index in [1.165, 1.54) is 24.9 Å². The van der Waals surface area contributed by atoms with Crippen LogP contribution in [0.1, 0.15) is 44.5 Å². The summed E-state index contributed by atoms with van der Waals surface area (Å²) in [6, 6.07) is 8.79. The fourth-order valence-electron chi connectivity index (χ4n) is 2.99. The van der Waals surface area contributed by atoms with Gasteiger partial charge in [0.05, 0.1) is 24.2 Å². The lowest BCUT2D eigenvalue weighted by Crippen LogP contribution is -2.23. The molecule has 1 atom stereocenters. The van der Waals surface area contributed by atoms with Crippen molar-refractivity contribution in [3.8, 4) is 11.5 Å². The Morgan fingerprint density at radius 2 is 2.00 bits per heavy atom. The number of hydrogen-bond donors (Lipinski definition) is 0. The maximum Gasteiger partial charge on any atom is 0.308 e. The lowest BCUT2D eigenvalue weighted by Gasteiger charge is -2.15. The summed E-state index contributed by atoms with van der Waals surface area (Å²) in [6.45, 7) is 5.32. The van der Waals surface area contributed by atoms with Crippen LogP contribution in [-0.2, 0) is 4.79 Å². The van der Waals surface area contributed by atoms with Crippen LogP contribution in [0.3, 0.4) is 0 Å². The molecule has 0 aliphatic heterocycles. The molecule has 0 radical (unpaired) electrons. The van der Waals surface area contributed by atoms with Crippen LogP contribution in [0.15, 0.2) is 49.2 Å². The van der Waals surface area contributed by atoms with Gasteiger partial charge in [-0.25, -0.2) is 4.98 Å². The van der Waals surface area contributed by atoms with Gasteiger partial charge in [0.2, 0.25) is 0 Å². The van der Waals surface area contributed by atoms with E-state index in [1.807, 2.05) is 19.9 Å². The number of rotatable bonds is 6. The molecule has 1 aromatic heterocycles. The number of carbonyl (C=O) groups is 1. The Morgan fingerprint density at radius 3 is 2.65 bits per heavy atom. The lowest BCUT2D eigenvalue weighted by molar-refractivity contribution is -0.132. The van der Waals surface area contributed by atoms with E-state index in [0.29, 0.717) is 32.5 Å². The monoisotopic (exact) mass is 549 g/mol. The molecule has 1 heterocycles. The number of halogens is 2. The zero-order valence-corrected chi connectivity index (χ0v) is 20.7. The van der Waals surface area contributed by atoms with Gasteiger partial charge in [0.1, 0.15) is 5.82 Å². The van der Waals surface area contributed by atoms with Crippen molar-refractivity contribution in [1.82, 2.24) is 9.66 Å². The highest BCUT2D eigenvalue weighted by Crippen LogP contribution is 2.34. The second-order valence-corrected chi connectivity index (χ2v) is 8.75. The number of fused-ring (bicyclic) bond motifs is 1. The SMILES string of the molecule is CC[C@@H](C)c1nc2ccc(Br)cc2c(=O)n1N=Cc1cc(Br)cc(OC)c1OC(C)=O. The maximum absolute atomic E-state index is 13.3. The number of benzene rings is 2. The van der Waals surface area contributed by atoms with Gasteiger partial charge in [0, 0.05) is 27.4 Å². The van der Waals surface area contributed by atoms with Gasteiger partial charge in [-0.1, -0.05) is 45.7 Å². The summed E-state index contributed by atoms with van der Waals surface area (Å²) in [6.07, 6.45) is 2.25. The summed E-state index contributed by atoms with van der Waals surface area (Å²) in [5.41, 5.74) is 0.797. The Kier molecular flexibility index (Phi) is 7.27. The lowest BCUT2D eigenvalue weighted by atomic mass is 10.1. The highest BCUT2D eigenvalue weighted by atomic mass is 79.9. The number of ether oxygens (including phenoxy) is 2. The van der Waals surface area contributed by atoms with Crippen LogP contribution in [0.4, 0.5) is 0 Å². The molecule has 2 aromatic carbocycles. The first-order chi connectivity index (χ1) is 14.7. The van der Waals surface area contributed by atoms with Gasteiger partial charge in [-0.15, -0.1) is 0 Å². The van der Waals surface area contributed by atoms with Crippen LogP contribution >= 0.6 is 31.9 Å². The average molecular weight is 551 g/mol. The van der Waals surface area contributed by atoms with Crippen molar-refractivity contribution < 1.29 is 14.3 Å². The average Bonchev–Trinajstić information content (AvgIpc) is 2.73. The summed E-state index contributed by atoms with van der Waals surface area (Å²) in [5.74, 6) is 0.639. The molecule has 3 aromatic rings. The quantitative estimate of drug-likeness (QED) is 0.238.